The summed E-state index contributed by atoms with van der Waals surface area (Å²) >= 11 is 9.73. The summed E-state index contributed by atoms with van der Waals surface area (Å²) in [5.74, 6) is 1.36. The Morgan fingerprint density at radius 3 is 2.80 bits per heavy atom. The van der Waals surface area contributed by atoms with E-state index in [1.165, 1.54) is 0 Å². The molecule has 1 N–H and O–H groups in total. The van der Waals surface area contributed by atoms with Gasteiger partial charge in [0.15, 0.2) is 11.5 Å². The zero-order chi connectivity index (χ0) is 13.9. The average Bonchev–Trinajstić information content (AvgIpc) is 2.46. The van der Waals surface area contributed by atoms with Crippen LogP contribution in [0.4, 0.5) is 5.69 Å². The maximum absolute atomic E-state index is 6.22. The van der Waals surface area contributed by atoms with E-state index in [-0.39, 0.29) is 0 Å². The highest BCUT2D eigenvalue weighted by molar-refractivity contribution is 9.10. The van der Waals surface area contributed by atoms with Crippen LogP contribution < -0.4 is 14.8 Å². The van der Waals surface area contributed by atoms with Gasteiger partial charge in [-0.15, -0.1) is 0 Å². The highest BCUT2D eigenvalue weighted by Gasteiger charge is 2.16. The van der Waals surface area contributed by atoms with Crippen molar-refractivity contribution in [3.63, 3.8) is 0 Å². The van der Waals surface area contributed by atoms with Crippen LogP contribution in [0, 0.1) is 0 Å². The van der Waals surface area contributed by atoms with Gasteiger partial charge in [-0.1, -0.05) is 23.7 Å². The number of hydrogen-bond acceptors (Lipinski definition) is 3. The molecule has 0 saturated heterocycles. The fraction of sp³-hybridized carbons (Fsp3) is 0.200. The molecular weight excluding hydrogens is 342 g/mol. The molecule has 0 bridgehead atoms. The molecule has 0 atom stereocenters. The first-order valence-electron chi connectivity index (χ1n) is 6.30. The van der Waals surface area contributed by atoms with Crippen molar-refractivity contribution in [1.82, 2.24) is 0 Å². The van der Waals surface area contributed by atoms with Gasteiger partial charge in [0.25, 0.3) is 0 Å². The normalized spacial score (nSPS) is 13.1. The minimum Gasteiger partial charge on any atom is -0.486 e. The van der Waals surface area contributed by atoms with Gasteiger partial charge in [0, 0.05) is 16.7 Å². The Morgan fingerprint density at radius 1 is 1.15 bits per heavy atom. The van der Waals surface area contributed by atoms with Crippen LogP contribution in [0.1, 0.15) is 5.56 Å². The Hall–Kier alpha value is -1.39. The van der Waals surface area contributed by atoms with Crippen molar-refractivity contribution in [2.45, 2.75) is 6.54 Å². The van der Waals surface area contributed by atoms with Gasteiger partial charge in [-0.05, 0) is 45.8 Å². The molecule has 2 aromatic rings. The Bertz CT molecular complexity index is 633. The van der Waals surface area contributed by atoms with E-state index in [4.69, 9.17) is 21.1 Å². The third-order valence-electron chi connectivity index (χ3n) is 3.01. The van der Waals surface area contributed by atoms with Crippen LogP contribution in [0.2, 0.25) is 5.02 Å². The molecule has 0 unspecified atom stereocenters. The third kappa shape index (κ3) is 2.86. The Morgan fingerprint density at radius 2 is 1.95 bits per heavy atom. The number of rotatable bonds is 3. The molecule has 20 heavy (non-hydrogen) atoms. The van der Waals surface area contributed by atoms with E-state index in [0.29, 0.717) is 36.3 Å². The van der Waals surface area contributed by atoms with E-state index in [1.807, 2.05) is 36.4 Å². The number of benzene rings is 2. The molecule has 5 heteroatoms. The summed E-state index contributed by atoms with van der Waals surface area (Å²) in [5, 5.41) is 3.95. The van der Waals surface area contributed by atoms with Crippen LogP contribution in [-0.2, 0) is 6.54 Å². The molecule has 1 aliphatic rings. The van der Waals surface area contributed by atoms with E-state index in [2.05, 4.69) is 21.2 Å². The van der Waals surface area contributed by atoms with Gasteiger partial charge in [-0.2, -0.15) is 0 Å². The van der Waals surface area contributed by atoms with E-state index in [9.17, 15) is 0 Å². The molecule has 0 saturated carbocycles. The smallest absolute Gasteiger partial charge is 0.179 e. The molecule has 3 rings (SSSR count). The fourth-order valence-electron chi connectivity index (χ4n) is 2.07. The van der Waals surface area contributed by atoms with Gasteiger partial charge in [-0.3, -0.25) is 0 Å². The lowest BCUT2D eigenvalue weighted by atomic mass is 10.2. The molecule has 0 radical (unpaired) electrons. The molecule has 0 amide bonds. The Kier molecular flexibility index (Phi) is 4.03. The van der Waals surface area contributed by atoms with Gasteiger partial charge in [-0.25, -0.2) is 0 Å². The summed E-state index contributed by atoms with van der Waals surface area (Å²) in [7, 11) is 0. The second-order valence-electron chi connectivity index (χ2n) is 4.44. The van der Waals surface area contributed by atoms with Crippen molar-refractivity contribution in [3.8, 4) is 11.5 Å². The van der Waals surface area contributed by atoms with Crippen molar-refractivity contribution < 1.29 is 9.47 Å². The molecule has 3 nitrogen and oxygen atoms in total. The van der Waals surface area contributed by atoms with Crippen LogP contribution in [0.15, 0.2) is 40.9 Å². The second kappa shape index (κ2) is 5.94. The van der Waals surface area contributed by atoms with Crippen molar-refractivity contribution in [2.24, 2.45) is 0 Å². The van der Waals surface area contributed by atoms with Gasteiger partial charge < -0.3 is 14.8 Å². The number of anilines is 1. The van der Waals surface area contributed by atoms with E-state index < -0.39 is 0 Å². The quantitative estimate of drug-likeness (QED) is 0.881. The number of fused-ring (bicyclic) bond motifs is 1. The van der Waals surface area contributed by atoms with E-state index in [1.54, 1.807) is 0 Å². The summed E-state index contributed by atoms with van der Waals surface area (Å²) in [6, 6.07) is 11.9. The van der Waals surface area contributed by atoms with Gasteiger partial charge in [0.05, 0.1) is 5.02 Å². The number of nitrogens with one attached hydrogen (secondary N) is 1. The minimum absolute atomic E-state index is 0.543. The topological polar surface area (TPSA) is 30.5 Å². The molecule has 0 aromatic heterocycles. The number of para-hydroxylation sites is 1. The molecule has 1 heterocycles. The fourth-order valence-corrected chi connectivity index (χ4v) is 2.78. The Labute approximate surface area is 131 Å². The van der Waals surface area contributed by atoms with Crippen molar-refractivity contribution >= 4 is 33.2 Å². The summed E-state index contributed by atoms with van der Waals surface area (Å²) in [4.78, 5) is 0. The number of ether oxygens (including phenoxy) is 2. The first-order chi connectivity index (χ1) is 9.74. The summed E-state index contributed by atoms with van der Waals surface area (Å²) in [5.41, 5.74) is 2.09. The lowest BCUT2D eigenvalue weighted by Gasteiger charge is -2.20. The minimum atomic E-state index is 0.543. The van der Waals surface area contributed by atoms with Crippen molar-refractivity contribution in [3.05, 3.63) is 51.5 Å². The molecule has 0 fully saturated rings. The number of hydrogen-bond donors (Lipinski definition) is 1. The van der Waals surface area contributed by atoms with Crippen LogP contribution in [0.3, 0.4) is 0 Å². The van der Waals surface area contributed by atoms with Crippen LogP contribution >= 0.6 is 27.5 Å². The molecule has 0 spiro atoms. The molecule has 2 aromatic carbocycles. The molecule has 1 aliphatic heterocycles. The maximum atomic E-state index is 6.22. The first kappa shape index (κ1) is 13.6. The maximum Gasteiger partial charge on any atom is 0.179 e. The van der Waals surface area contributed by atoms with Crippen LogP contribution in [0.25, 0.3) is 0 Å². The monoisotopic (exact) mass is 353 g/mol. The van der Waals surface area contributed by atoms with Crippen molar-refractivity contribution in [1.29, 1.82) is 0 Å². The second-order valence-corrected chi connectivity index (χ2v) is 5.70. The van der Waals surface area contributed by atoms with Crippen LogP contribution in [0.5, 0.6) is 11.5 Å². The zero-order valence-electron chi connectivity index (χ0n) is 10.7. The van der Waals surface area contributed by atoms with Gasteiger partial charge in [0.1, 0.15) is 13.2 Å². The van der Waals surface area contributed by atoms with Gasteiger partial charge >= 0.3 is 0 Å². The summed E-state index contributed by atoms with van der Waals surface area (Å²) < 4.78 is 12.1. The van der Waals surface area contributed by atoms with Gasteiger partial charge in [0.2, 0.25) is 0 Å². The first-order valence-corrected chi connectivity index (χ1v) is 7.47. The zero-order valence-corrected chi connectivity index (χ0v) is 13.0. The lowest BCUT2D eigenvalue weighted by Crippen LogP contribution is -2.16. The Balaban J connectivity index is 1.78. The SMILES string of the molecule is Clc1cc(CNc2ccccc2Br)cc2c1OCCO2. The third-order valence-corrected chi connectivity index (χ3v) is 3.99. The van der Waals surface area contributed by atoms with E-state index in [0.717, 1.165) is 15.7 Å². The van der Waals surface area contributed by atoms with Crippen molar-refractivity contribution in [2.75, 3.05) is 18.5 Å². The highest BCUT2D eigenvalue weighted by Crippen LogP contribution is 2.38. The lowest BCUT2D eigenvalue weighted by molar-refractivity contribution is 0.171. The average molecular weight is 355 g/mol. The molecule has 0 aliphatic carbocycles. The summed E-state index contributed by atoms with van der Waals surface area (Å²) in [6.07, 6.45) is 0. The predicted octanol–water partition coefficient (Wildman–Crippen LogP) is 4.49. The standard InChI is InChI=1S/C15H13BrClNO2/c16-11-3-1-2-4-13(11)18-9-10-7-12(17)15-14(8-10)19-5-6-20-15/h1-4,7-8,18H,5-6,9H2. The predicted molar refractivity (Wildman–Crippen MR) is 83.9 cm³/mol. The molecule has 104 valence electrons. The largest absolute Gasteiger partial charge is 0.486 e. The van der Waals surface area contributed by atoms with Crippen LogP contribution in [-0.4, -0.2) is 13.2 Å². The highest BCUT2D eigenvalue weighted by atomic mass is 79.9. The number of halogens is 2. The molecular formula is C15H13BrClNO2. The van der Waals surface area contributed by atoms with E-state index >= 15 is 0 Å². The summed E-state index contributed by atoms with van der Waals surface area (Å²) in [6.45, 7) is 1.77.